The predicted octanol–water partition coefficient (Wildman–Crippen LogP) is 2.94. The van der Waals surface area contributed by atoms with E-state index in [1.54, 1.807) is 0 Å². The number of nitrogens with one attached hydrogen (secondary N) is 1. The van der Waals surface area contributed by atoms with E-state index in [9.17, 15) is 19.7 Å². The molecule has 124 valence electrons. The Labute approximate surface area is 141 Å². The molecule has 1 aliphatic rings. The number of esters is 1. The van der Waals surface area contributed by atoms with Crippen LogP contribution in [0.15, 0.2) is 30.3 Å². The van der Waals surface area contributed by atoms with Gasteiger partial charge in [0.05, 0.1) is 4.92 Å². The molecule has 3 rings (SSSR count). The number of carbonyl (C=O) groups excluding carboxylic acids is 2. The SMILES string of the molecule is O=C(COC(=O)c1ccc([N+](=O)[O-])s1)Nc1ccc2c(c1)CCC2. The van der Waals surface area contributed by atoms with Crippen LogP contribution in [0.2, 0.25) is 0 Å². The number of anilines is 1. The molecule has 1 amide bonds. The summed E-state index contributed by atoms with van der Waals surface area (Å²) in [5.74, 6) is -1.20. The first-order chi connectivity index (χ1) is 11.5. The molecule has 24 heavy (non-hydrogen) atoms. The summed E-state index contributed by atoms with van der Waals surface area (Å²) in [7, 11) is 0. The van der Waals surface area contributed by atoms with Crippen molar-refractivity contribution < 1.29 is 19.2 Å². The van der Waals surface area contributed by atoms with Crippen molar-refractivity contribution in [2.45, 2.75) is 19.3 Å². The molecular formula is C16H14N2O5S. The van der Waals surface area contributed by atoms with Gasteiger partial charge in [-0.3, -0.25) is 14.9 Å². The van der Waals surface area contributed by atoms with Crippen LogP contribution in [0.25, 0.3) is 0 Å². The summed E-state index contributed by atoms with van der Waals surface area (Å²) in [6.45, 7) is -0.443. The number of fused-ring (bicyclic) bond motifs is 1. The number of ether oxygens (including phenoxy) is 1. The van der Waals surface area contributed by atoms with Gasteiger partial charge >= 0.3 is 11.0 Å². The number of thiophene rings is 1. The van der Waals surface area contributed by atoms with E-state index >= 15 is 0 Å². The Kier molecular flexibility index (Phi) is 4.57. The standard InChI is InChI=1S/C16H14N2O5S/c19-14(17-12-5-4-10-2-1-3-11(10)8-12)9-23-16(20)13-6-7-15(24-13)18(21)22/h4-8H,1-3,9H2,(H,17,19). The maximum absolute atomic E-state index is 11.9. The highest BCUT2D eigenvalue weighted by atomic mass is 32.1. The molecule has 1 heterocycles. The van der Waals surface area contributed by atoms with Gasteiger partial charge in [-0.15, -0.1) is 0 Å². The highest BCUT2D eigenvalue weighted by molar-refractivity contribution is 7.17. The van der Waals surface area contributed by atoms with Crippen molar-refractivity contribution in [3.63, 3.8) is 0 Å². The Hall–Kier alpha value is -2.74. The molecule has 1 N–H and O–H groups in total. The smallest absolute Gasteiger partial charge is 0.349 e. The fourth-order valence-electron chi connectivity index (χ4n) is 2.58. The second kappa shape index (κ2) is 6.79. The average Bonchev–Trinajstić information content (AvgIpc) is 3.21. The van der Waals surface area contributed by atoms with Gasteiger partial charge in [0.15, 0.2) is 6.61 Å². The molecule has 0 bridgehead atoms. The number of hydrogen-bond acceptors (Lipinski definition) is 6. The quantitative estimate of drug-likeness (QED) is 0.510. The Morgan fingerprint density at radius 1 is 1.21 bits per heavy atom. The van der Waals surface area contributed by atoms with Crippen LogP contribution in [-0.4, -0.2) is 23.4 Å². The highest BCUT2D eigenvalue weighted by Gasteiger charge is 2.18. The van der Waals surface area contributed by atoms with Crippen molar-refractivity contribution in [1.82, 2.24) is 0 Å². The molecule has 0 radical (unpaired) electrons. The lowest BCUT2D eigenvalue weighted by atomic mass is 10.1. The van der Waals surface area contributed by atoms with E-state index in [0.29, 0.717) is 17.0 Å². The number of nitro groups is 1. The summed E-state index contributed by atoms with van der Waals surface area (Å²) < 4.78 is 4.88. The van der Waals surface area contributed by atoms with Gasteiger partial charge in [0.25, 0.3) is 5.91 Å². The van der Waals surface area contributed by atoms with Crippen molar-refractivity contribution in [2.24, 2.45) is 0 Å². The molecule has 1 aromatic carbocycles. The third-order valence-electron chi connectivity index (χ3n) is 3.69. The maximum Gasteiger partial charge on any atom is 0.349 e. The molecule has 7 nitrogen and oxygen atoms in total. The first-order valence-corrected chi connectivity index (χ1v) is 8.17. The van der Waals surface area contributed by atoms with Gasteiger partial charge in [-0.1, -0.05) is 17.4 Å². The van der Waals surface area contributed by atoms with Gasteiger partial charge in [-0.05, 0) is 48.6 Å². The van der Waals surface area contributed by atoms with E-state index in [1.807, 2.05) is 18.2 Å². The average molecular weight is 346 g/mol. The number of amides is 1. The molecule has 0 atom stereocenters. The minimum atomic E-state index is -0.753. The highest BCUT2D eigenvalue weighted by Crippen LogP contribution is 2.25. The normalized spacial score (nSPS) is 12.5. The number of nitrogens with zero attached hydrogens (tertiary/aromatic N) is 1. The molecule has 8 heteroatoms. The third-order valence-corrected chi connectivity index (χ3v) is 4.71. The molecule has 0 fully saturated rings. The molecule has 1 aliphatic carbocycles. The minimum Gasteiger partial charge on any atom is -0.451 e. The molecule has 0 saturated carbocycles. The van der Waals surface area contributed by atoms with Crippen molar-refractivity contribution >= 4 is 33.9 Å². The zero-order valence-corrected chi connectivity index (χ0v) is 13.4. The Bertz CT molecular complexity index is 815. The summed E-state index contributed by atoms with van der Waals surface area (Å²) in [6, 6.07) is 8.29. The Morgan fingerprint density at radius 2 is 2.00 bits per heavy atom. The molecular weight excluding hydrogens is 332 g/mol. The summed E-state index contributed by atoms with van der Waals surface area (Å²) in [6.07, 6.45) is 3.19. The lowest BCUT2D eigenvalue weighted by Gasteiger charge is -2.07. The summed E-state index contributed by atoms with van der Waals surface area (Å²) in [4.78, 5) is 33.7. The topological polar surface area (TPSA) is 98.5 Å². The van der Waals surface area contributed by atoms with Crippen LogP contribution in [0.1, 0.15) is 27.2 Å². The lowest BCUT2D eigenvalue weighted by molar-refractivity contribution is -0.380. The van der Waals surface area contributed by atoms with Crippen molar-refractivity contribution in [2.75, 3.05) is 11.9 Å². The van der Waals surface area contributed by atoms with Crippen LogP contribution in [-0.2, 0) is 22.4 Å². The third kappa shape index (κ3) is 3.60. The number of rotatable bonds is 5. The first kappa shape index (κ1) is 16.1. The fourth-order valence-corrected chi connectivity index (χ4v) is 3.30. The second-order valence-corrected chi connectivity index (χ2v) is 6.42. The van der Waals surface area contributed by atoms with E-state index in [4.69, 9.17) is 4.74 Å². The summed E-state index contributed by atoms with van der Waals surface area (Å²) in [5.41, 5.74) is 3.21. The zero-order chi connectivity index (χ0) is 17.1. The Morgan fingerprint density at radius 3 is 2.75 bits per heavy atom. The lowest BCUT2D eigenvalue weighted by Crippen LogP contribution is -2.20. The number of aryl methyl sites for hydroxylation is 2. The molecule has 0 unspecified atom stereocenters. The number of carbonyl (C=O) groups is 2. The van der Waals surface area contributed by atoms with Crippen LogP contribution in [0.4, 0.5) is 10.7 Å². The molecule has 1 aromatic heterocycles. The van der Waals surface area contributed by atoms with Crippen LogP contribution in [0.5, 0.6) is 0 Å². The predicted molar refractivity (Wildman–Crippen MR) is 88.4 cm³/mol. The van der Waals surface area contributed by atoms with Crippen LogP contribution in [0.3, 0.4) is 0 Å². The zero-order valence-electron chi connectivity index (χ0n) is 12.6. The van der Waals surface area contributed by atoms with Gasteiger partial charge < -0.3 is 10.1 Å². The van der Waals surface area contributed by atoms with Crippen LogP contribution in [0, 0.1) is 10.1 Å². The van der Waals surface area contributed by atoms with Crippen molar-refractivity contribution in [3.05, 3.63) is 56.5 Å². The van der Waals surface area contributed by atoms with E-state index in [-0.39, 0.29) is 9.88 Å². The monoisotopic (exact) mass is 346 g/mol. The van der Waals surface area contributed by atoms with Crippen LogP contribution >= 0.6 is 11.3 Å². The minimum absolute atomic E-state index is 0.0898. The molecule has 0 aliphatic heterocycles. The van der Waals surface area contributed by atoms with E-state index < -0.39 is 23.4 Å². The van der Waals surface area contributed by atoms with E-state index in [0.717, 1.165) is 19.3 Å². The molecule has 0 spiro atoms. The first-order valence-electron chi connectivity index (χ1n) is 7.36. The van der Waals surface area contributed by atoms with Crippen molar-refractivity contribution in [3.8, 4) is 0 Å². The van der Waals surface area contributed by atoms with Crippen molar-refractivity contribution in [1.29, 1.82) is 0 Å². The number of hydrogen-bond donors (Lipinski definition) is 1. The van der Waals surface area contributed by atoms with Gasteiger partial charge in [-0.2, -0.15) is 0 Å². The van der Waals surface area contributed by atoms with Crippen LogP contribution < -0.4 is 5.32 Å². The number of benzene rings is 1. The molecule has 0 saturated heterocycles. The molecule has 2 aromatic rings. The van der Waals surface area contributed by atoms with Gasteiger partial charge in [0, 0.05) is 11.8 Å². The van der Waals surface area contributed by atoms with Gasteiger partial charge in [0.2, 0.25) is 0 Å². The van der Waals surface area contributed by atoms with E-state index in [1.165, 1.54) is 23.3 Å². The second-order valence-electron chi connectivity index (χ2n) is 5.36. The largest absolute Gasteiger partial charge is 0.451 e. The summed E-state index contributed by atoms with van der Waals surface area (Å²) >= 11 is 0.713. The summed E-state index contributed by atoms with van der Waals surface area (Å²) in [5, 5.41) is 13.1. The Balaban J connectivity index is 1.53. The maximum atomic E-state index is 11.9. The fraction of sp³-hybridized carbons (Fsp3) is 0.250. The van der Waals surface area contributed by atoms with E-state index in [2.05, 4.69) is 5.32 Å². The van der Waals surface area contributed by atoms with Gasteiger partial charge in [-0.25, -0.2) is 4.79 Å². The van der Waals surface area contributed by atoms with Gasteiger partial charge in [0.1, 0.15) is 4.88 Å².